The normalized spacial score (nSPS) is 14.6. The fourth-order valence-electron chi connectivity index (χ4n) is 3.33. The second kappa shape index (κ2) is 8.23. The van der Waals surface area contributed by atoms with E-state index in [1.807, 2.05) is 49.1 Å². The lowest BCUT2D eigenvalue weighted by Crippen LogP contribution is -2.48. The van der Waals surface area contributed by atoms with Crippen molar-refractivity contribution in [3.63, 3.8) is 0 Å². The van der Waals surface area contributed by atoms with E-state index in [-0.39, 0.29) is 24.5 Å². The number of Topliss-reactive ketones (excluding diaryl/α,β-unsaturated/α-hetero) is 1. The van der Waals surface area contributed by atoms with Crippen molar-refractivity contribution in [2.75, 3.05) is 31.1 Å². The number of hydrogen-bond acceptors (Lipinski definition) is 4. The molecule has 0 unspecified atom stereocenters. The van der Waals surface area contributed by atoms with Gasteiger partial charge < -0.3 is 9.80 Å². The summed E-state index contributed by atoms with van der Waals surface area (Å²) >= 11 is 7.88. The van der Waals surface area contributed by atoms with Gasteiger partial charge >= 0.3 is 0 Å². The topological polar surface area (TPSA) is 40.6 Å². The average Bonchev–Trinajstić information content (AvgIpc) is 2.98. The van der Waals surface area contributed by atoms with E-state index in [4.69, 9.17) is 11.6 Å². The summed E-state index contributed by atoms with van der Waals surface area (Å²) in [7, 11) is 0. The van der Waals surface area contributed by atoms with E-state index in [1.54, 1.807) is 11.3 Å². The largest absolute Gasteiger partial charge is 0.367 e. The van der Waals surface area contributed by atoms with Crippen molar-refractivity contribution in [2.24, 2.45) is 0 Å². The number of amides is 1. The van der Waals surface area contributed by atoms with Crippen LogP contribution in [-0.4, -0.2) is 42.8 Å². The summed E-state index contributed by atoms with van der Waals surface area (Å²) < 4.78 is 0. The summed E-state index contributed by atoms with van der Waals surface area (Å²) in [5.74, 6) is 0.122. The smallest absolute Gasteiger partial charge is 0.223 e. The molecular weight excluding hydrogens is 368 g/mol. The van der Waals surface area contributed by atoms with Crippen LogP contribution in [0.15, 0.2) is 30.3 Å². The maximum absolute atomic E-state index is 12.5. The van der Waals surface area contributed by atoms with E-state index in [9.17, 15) is 9.59 Å². The van der Waals surface area contributed by atoms with Gasteiger partial charge in [-0.05, 0) is 32.0 Å². The van der Waals surface area contributed by atoms with Crippen molar-refractivity contribution in [3.8, 4) is 0 Å². The monoisotopic (exact) mass is 390 g/mol. The zero-order valence-electron chi connectivity index (χ0n) is 15.1. The van der Waals surface area contributed by atoms with Crippen molar-refractivity contribution < 1.29 is 9.59 Å². The van der Waals surface area contributed by atoms with Gasteiger partial charge in [0.25, 0.3) is 0 Å². The van der Waals surface area contributed by atoms with E-state index in [0.717, 1.165) is 39.1 Å². The van der Waals surface area contributed by atoms with Crippen molar-refractivity contribution in [1.82, 2.24) is 4.90 Å². The number of aryl methyl sites for hydroxylation is 2. The van der Waals surface area contributed by atoms with E-state index in [0.29, 0.717) is 13.1 Å². The van der Waals surface area contributed by atoms with Gasteiger partial charge in [-0.2, -0.15) is 0 Å². The first-order valence-electron chi connectivity index (χ1n) is 8.83. The minimum atomic E-state index is 0.0572. The Bertz CT molecular complexity index is 810. The number of ketones is 1. The van der Waals surface area contributed by atoms with E-state index >= 15 is 0 Å². The molecule has 138 valence electrons. The molecule has 2 heterocycles. The molecule has 1 saturated heterocycles. The van der Waals surface area contributed by atoms with Gasteiger partial charge in [0.05, 0.1) is 10.7 Å². The number of anilines is 1. The number of hydrogen-bond donors (Lipinski definition) is 0. The molecular formula is C20H23ClN2O2S. The van der Waals surface area contributed by atoms with Gasteiger partial charge in [0.1, 0.15) is 0 Å². The van der Waals surface area contributed by atoms with Crippen LogP contribution in [0.25, 0.3) is 0 Å². The Morgan fingerprint density at radius 1 is 1.08 bits per heavy atom. The Balaban J connectivity index is 1.50. The highest BCUT2D eigenvalue weighted by Gasteiger charge is 2.23. The fourth-order valence-corrected chi connectivity index (χ4v) is 4.52. The van der Waals surface area contributed by atoms with E-state index in [1.165, 1.54) is 0 Å². The first-order chi connectivity index (χ1) is 12.5. The molecule has 3 rings (SSSR count). The van der Waals surface area contributed by atoms with Crippen LogP contribution in [0.5, 0.6) is 0 Å². The van der Waals surface area contributed by atoms with Crippen LogP contribution in [0.2, 0.25) is 5.02 Å². The quantitative estimate of drug-likeness (QED) is 0.713. The van der Waals surface area contributed by atoms with E-state index in [2.05, 4.69) is 4.90 Å². The Hall–Kier alpha value is -1.85. The molecule has 1 fully saturated rings. The Morgan fingerprint density at radius 3 is 2.38 bits per heavy atom. The Labute approximate surface area is 163 Å². The van der Waals surface area contributed by atoms with Gasteiger partial charge in [0.2, 0.25) is 5.91 Å². The predicted octanol–water partition coefficient (Wildman–Crippen LogP) is 4.33. The maximum Gasteiger partial charge on any atom is 0.223 e. The zero-order chi connectivity index (χ0) is 18.7. The highest BCUT2D eigenvalue weighted by Crippen LogP contribution is 2.26. The fraction of sp³-hybridized carbons (Fsp3) is 0.400. The first-order valence-corrected chi connectivity index (χ1v) is 10.0. The number of para-hydroxylation sites is 1. The Kier molecular flexibility index (Phi) is 5.99. The molecule has 0 bridgehead atoms. The van der Waals surface area contributed by atoms with Crippen LogP contribution < -0.4 is 4.90 Å². The molecule has 1 aliphatic rings. The molecule has 1 amide bonds. The molecule has 0 N–H and O–H groups in total. The van der Waals surface area contributed by atoms with Crippen LogP contribution >= 0.6 is 22.9 Å². The number of piperazine rings is 1. The Morgan fingerprint density at radius 2 is 1.77 bits per heavy atom. The van der Waals surface area contributed by atoms with Crippen molar-refractivity contribution in [3.05, 3.63) is 50.7 Å². The molecule has 0 radical (unpaired) electrons. The summed E-state index contributed by atoms with van der Waals surface area (Å²) in [6.07, 6.45) is 0.555. The molecule has 0 aliphatic carbocycles. The lowest BCUT2D eigenvalue weighted by Gasteiger charge is -2.36. The minimum Gasteiger partial charge on any atom is -0.367 e. The van der Waals surface area contributed by atoms with Gasteiger partial charge in [-0.3, -0.25) is 9.59 Å². The molecule has 4 nitrogen and oxygen atoms in total. The molecule has 0 spiro atoms. The predicted molar refractivity (Wildman–Crippen MR) is 108 cm³/mol. The van der Waals surface area contributed by atoms with Crippen LogP contribution in [-0.2, 0) is 4.79 Å². The number of nitrogens with zero attached hydrogens (tertiary/aromatic N) is 2. The molecule has 26 heavy (non-hydrogen) atoms. The second-order valence-corrected chi connectivity index (χ2v) is 8.44. The number of thiophene rings is 1. The summed E-state index contributed by atoms with van der Waals surface area (Å²) in [5.41, 5.74) is 1.78. The molecule has 1 aromatic carbocycles. The standard InChI is InChI=1S/C20H23ClN2O2S/c1-14-13-16(15(2)26-14)19(24)7-8-20(25)23-11-9-22(10-12-23)18-6-4-3-5-17(18)21/h3-6,13H,7-12H2,1-2H3. The van der Waals surface area contributed by atoms with Crippen LogP contribution in [0.1, 0.15) is 33.0 Å². The molecule has 0 saturated carbocycles. The summed E-state index contributed by atoms with van der Waals surface area (Å²) in [6, 6.07) is 9.70. The SMILES string of the molecule is Cc1cc(C(=O)CCC(=O)N2CCN(c3ccccc3Cl)CC2)c(C)s1. The minimum absolute atomic E-state index is 0.0572. The highest BCUT2D eigenvalue weighted by atomic mass is 35.5. The van der Waals surface area contributed by atoms with E-state index < -0.39 is 0 Å². The number of halogens is 1. The molecule has 1 aromatic heterocycles. The molecule has 6 heteroatoms. The number of rotatable bonds is 5. The third-order valence-electron chi connectivity index (χ3n) is 4.73. The van der Waals surface area contributed by atoms with Crippen molar-refractivity contribution in [2.45, 2.75) is 26.7 Å². The van der Waals surface area contributed by atoms with Gasteiger partial charge in [-0.25, -0.2) is 0 Å². The average molecular weight is 391 g/mol. The second-order valence-electron chi connectivity index (χ2n) is 6.57. The lowest BCUT2D eigenvalue weighted by molar-refractivity contribution is -0.131. The zero-order valence-corrected chi connectivity index (χ0v) is 16.7. The summed E-state index contributed by atoms with van der Waals surface area (Å²) in [4.78, 5) is 31.0. The lowest BCUT2D eigenvalue weighted by atomic mass is 10.1. The van der Waals surface area contributed by atoms with Gasteiger partial charge in [0.15, 0.2) is 5.78 Å². The molecule has 0 atom stereocenters. The van der Waals surface area contributed by atoms with Gasteiger partial charge in [-0.15, -0.1) is 11.3 Å². The number of carbonyl (C=O) groups is 2. The third kappa shape index (κ3) is 4.27. The first kappa shape index (κ1) is 18.9. The molecule has 1 aliphatic heterocycles. The van der Waals surface area contributed by atoms with Crippen molar-refractivity contribution in [1.29, 1.82) is 0 Å². The third-order valence-corrected chi connectivity index (χ3v) is 6.02. The number of benzene rings is 1. The highest BCUT2D eigenvalue weighted by molar-refractivity contribution is 7.12. The van der Waals surface area contributed by atoms with Gasteiger partial charge in [0, 0.05) is 54.3 Å². The maximum atomic E-state index is 12.5. The molecule has 2 aromatic rings. The number of carbonyl (C=O) groups excluding carboxylic acids is 2. The van der Waals surface area contributed by atoms with Crippen LogP contribution in [0.3, 0.4) is 0 Å². The van der Waals surface area contributed by atoms with Crippen LogP contribution in [0, 0.1) is 13.8 Å². The summed E-state index contributed by atoms with van der Waals surface area (Å²) in [5, 5.41) is 0.735. The van der Waals surface area contributed by atoms with Gasteiger partial charge in [-0.1, -0.05) is 23.7 Å². The summed E-state index contributed by atoms with van der Waals surface area (Å²) in [6.45, 7) is 6.79. The van der Waals surface area contributed by atoms with Crippen LogP contribution in [0.4, 0.5) is 5.69 Å². The van der Waals surface area contributed by atoms with Crippen molar-refractivity contribution >= 4 is 40.3 Å².